The van der Waals surface area contributed by atoms with Crippen LogP contribution in [0.25, 0.3) is 22.4 Å². The lowest BCUT2D eigenvalue weighted by molar-refractivity contribution is 0.447. The second-order valence-electron chi connectivity index (χ2n) is 4.52. The van der Waals surface area contributed by atoms with Crippen molar-refractivity contribution in [1.82, 2.24) is 4.98 Å². The van der Waals surface area contributed by atoms with E-state index in [1.165, 1.54) is 12.3 Å². The van der Waals surface area contributed by atoms with Crippen molar-refractivity contribution in [3.63, 3.8) is 0 Å². The Kier molecular flexibility index (Phi) is 2.68. The molecule has 0 amide bonds. The minimum absolute atomic E-state index is 0.0457. The second kappa shape index (κ2) is 4.38. The van der Waals surface area contributed by atoms with Crippen LogP contribution in [0, 0.1) is 6.92 Å². The monoisotopic (exact) mass is 269 g/mol. The molecule has 0 spiro atoms. The first-order valence-corrected chi connectivity index (χ1v) is 6.02. The molecule has 2 N–H and O–H groups in total. The van der Waals surface area contributed by atoms with Crippen molar-refractivity contribution in [2.45, 2.75) is 6.92 Å². The van der Waals surface area contributed by atoms with Crippen molar-refractivity contribution in [3.05, 3.63) is 62.5 Å². The third-order valence-corrected chi connectivity index (χ3v) is 3.10. The minimum atomic E-state index is -0.733. The number of hydrogen-bond donors (Lipinski definition) is 2. The van der Waals surface area contributed by atoms with Crippen LogP contribution in [0.15, 0.2) is 50.5 Å². The molecule has 2 heterocycles. The summed E-state index contributed by atoms with van der Waals surface area (Å²) in [5.74, 6) is -0.512. The number of benzene rings is 1. The summed E-state index contributed by atoms with van der Waals surface area (Å²) >= 11 is 0. The highest BCUT2D eigenvalue weighted by molar-refractivity contribution is 5.78. The molecule has 0 saturated heterocycles. The Labute approximate surface area is 113 Å². The first-order chi connectivity index (χ1) is 9.58. The van der Waals surface area contributed by atoms with E-state index < -0.39 is 16.6 Å². The average molecular weight is 269 g/mol. The Balaban J connectivity index is 2.39. The van der Waals surface area contributed by atoms with Crippen molar-refractivity contribution >= 4 is 11.1 Å². The van der Waals surface area contributed by atoms with Crippen molar-refractivity contribution in [3.8, 4) is 17.1 Å². The van der Waals surface area contributed by atoms with Gasteiger partial charge in [0.05, 0.1) is 0 Å². The molecule has 5 heteroatoms. The number of pyridine rings is 1. The molecule has 2 aromatic heterocycles. The Hall–Kier alpha value is -2.82. The predicted octanol–water partition coefficient (Wildman–Crippen LogP) is 2.16. The van der Waals surface area contributed by atoms with Crippen molar-refractivity contribution in [2.24, 2.45) is 0 Å². The topological polar surface area (TPSA) is 83.3 Å². The zero-order chi connectivity index (χ0) is 14.3. The molecule has 0 bridgehead atoms. The smallest absolute Gasteiger partial charge is 0.240 e. The Morgan fingerprint density at radius 2 is 1.80 bits per heavy atom. The molecule has 20 heavy (non-hydrogen) atoms. The molecule has 0 atom stereocenters. The van der Waals surface area contributed by atoms with Crippen LogP contribution in [-0.2, 0) is 0 Å². The summed E-state index contributed by atoms with van der Waals surface area (Å²) in [4.78, 5) is 26.4. The lowest BCUT2D eigenvalue weighted by Gasteiger charge is -2.05. The van der Waals surface area contributed by atoms with Gasteiger partial charge in [-0.3, -0.25) is 9.59 Å². The van der Waals surface area contributed by atoms with Gasteiger partial charge in [-0.1, -0.05) is 29.8 Å². The molecular weight excluding hydrogens is 258 g/mol. The van der Waals surface area contributed by atoms with Crippen LogP contribution >= 0.6 is 0 Å². The Morgan fingerprint density at radius 3 is 2.50 bits per heavy atom. The summed E-state index contributed by atoms with van der Waals surface area (Å²) in [5.41, 5.74) is 0.444. The van der Waals surface area contributed by atoms with Crippen LogP contribution in [0.5, 0.6) is 5.75 Å². The molecular formula is C15H11NO4. The number of fused-ring (bicyclic) bond motifs is 1. The molecule has 3 aromatic rings. The van der Waals surface area contributed by atoms with E-state index in [0.717, 1.165) is 5.56 Å². The van der Waals surface area contributed by atoms with Gasteiger partial charge in [-0.25, -0.2) is 0 Å². The maximum Gasteiger partial charge on any atom is 0.240 e. The fourth-order valence-corrected chi connectivity index (χ4v) is 2.03. The molecule has 100 valence electrons. The lowest BCUT2D eigenvalue weighted by Crippen LogP contribution is -2.13. The van der Waals surface area contributed by atoms with Gasteiger partial charge in [0.25, 0.3) is 0 Å². The molecule has 1 aromatic carbocycles. The second-order valence-corrected chi connectivity index (χ2v) is 4.52. The summed E-state index contributed by atoms with van der Waals surface area (Å²) in [7, 11) is 0. The minimum Gasteiger partial charge on any atom is -0.502 e. The van der Waals surface area contributed by atoms with Gasteiger partial charge in [0.1, 0.15) is 5.39 Å². The lowest BCUT2D eigenvalue weighted by atomic mass is 10.1. The van der Waals surface area contributed by atoms with E-state index in [1.54, 1.807) is 12.1 Å². The molecule has 0 unspecified atom stereocenters. The third kappa shape index (κ3) is 1.80. The van der Waals surface area contributed by atoms with E-state index in [4.69, 9.17) is 4.42 Å². The van der Waals surface area contributed by atoms with Gasteiger partial charge in [-0.2, -0.15) is 0 Å². The molecule has 0 aliphatic rings. The third-order valence-electron chi connectivity index (χ3n) is 3.10. The number of nitrogens with one attached hydrogen (secondary N) is 1. The fraction of sp³-hybridized carbons (Fsp3) is 0.0667. The van der Waals surface area contributed by atoms with Gasteiger partial charge in [0, 0.05) is 17.8 Å². The number of hydrogen-bond acceptors (Lipinski definition) is 4. The molecule has 0 aliphatic heterocycles. The number of aryl methyl sites for hydroxylation is 1. The van der Waals surface area contributed by atoms with Crippen LogP contribution in [0.3, 0.4) is 0 Å². The molecule has 0 saturated carbocycles. The summed E-state index contributed by atoms with van der Waals surface area (Å²) in [6.07, 6.45) is 1.39. The number of aromatic hydroxyl groups is 1. The number of H-pyrrole nitrogens is 1. The number of aromatic nitrogens is 1. The highest BCUT2D eigenvalue weighted by Gasteiger charge is 2.17. The zero-order valence-corrected chi connectivity index (χ0v) is 10.6. The zero-order valence-electron chi connectivity index (χ0n) is 10.6. The van der Waals surface area contributed by atoms with E-state index >= 15 is 0 Å². The van der Waals surface area contributed by atoms with Crippen LogP contribution in [0.2, 0.25) is 0 Å². The van der Waals surface area contributed by atoms with Crippen molar-refractivity contribution < 1.29 is 9.52 Å². The first kappa shape index (κ1) is 12.2. The summed E-state index contributed by atoms with van der Waals surface area (Å²) in [6, 6.07) is 8.37. The quantitative estimate of drug-likeness (QED) is 0.709. The van der Waals surface area contributed by atoms with Gasteiger partial charge in [0.2, 0.25) is 16.9 Å². The SMILES string of the molecule is Cc1ccc(-c2oc3[nH]ccc(=O)c3c(=O)c2O)cc1. The van der Waals surface area contributed by atoms with Gasteiger partial charge >= 0.3 is 0 Å². The highest BCUT2D eigenvalue weighted by atomic mass is 16.4. The van der Waals surface area contributed by atoms with Gasteiger partial charge in [-0.05, 0) is 6.92 Å². The van der Waals surface area contributed by atoms with E-state index in [0.29, 0.717) is 5.56 Å². The molecule has 0 fully saturated rings. The van der Waals surface area contributed by atoms with Crippen LogP contribution < -0.4 is 10.9 Å². The normalized spacial score (nSPS) is 10.8. The molecule has 0 radical (unpaired) electrons. The number of rotatable bonds is 1. The first-order valence-electron chi connectivity index (χ1n) is 6.02. The average Bonchev–Trinajstić information content (AvgIpc) is 2.44. The van der Waals surface area contributed by atoms with Gasteiger partial charge < -0.3 is 14.5 Å². The fourth-order valence-electron chi connectivity index (χ4n) is 2.03. The van der Waals surface area contributed by atoms with E-state index in [1.807, 2.05) is 19.1 Å². The molecule has 0 aliphatic carbocycles. The van der Waals surface area contributed by atoms with E-state index in [9.17, 15) is 14.7 Å². The maximum absolute atomic E-state index is 12.1. The van der Waals surface area contributed by atoms with Gasteiger partial charge in [-0.15, -0.1) is 0 Å². The van der Waals surface area contributed by atoms with E-state index in [2.05, 4.69) is 4.98 Å². The van der Waals surface area contributed by atoms with Gasteiger partial charge in [0.15, 0.2) is 11.2 Å². The van der Waals surface area contributed by atoms with E-state index in [-0.39, 0.29) is 16.9 Å². The van der Waals surface area contributed by atoms with Crippen LogP contribution in [-0.4, -0.2) is 10.1 Å². The summed E-state index contributed by atoms with van der Waals surface area (Å²) in [6.45, 7) is 1.93. The molecule has 5 nitrogen and oxygen atoms in total. The highest BCUT2D eigenvalue weighted by Crippen LogP contribution is 2.28. The summed E-state index contributed by atoms with van der Waals surface area (Å²) < 4.78 is 5.47. The Bertz CT molecular complexity index is 904. The predicted molar refractivity (Wildman–Crippen MR) is 74.9 cm³/mol. The number of aromatic amines is 1. The maximum atomic E-state index is 12.1. The Morgan fingerprint density at radius 1 is 1.10 bits per heavy atom. The standard InChI is InChI=1S/C15H11NO4/c1-8-2-4-9(5-3-8)14-13(19)12(18)11-10(17)6-7-16-15(11)20-14/h2-7,19H,1H3,(H,16,17). The summed E-state index contributed by atoms with van der Waals surface area (Å²) in [5, 5.41) is 9.80. The van der Waals surface area contributed by atoms with Crippen LogP contribution in [0.4, 0.5) is 0 Å². The van der Waals surface area contributed by atoms with Crippen molar-refractivity contribution in [2.75, 3.05) is 0 Å². The largest absolute Gasteiger partial charge is 0.502 e. The molecule has 3 rings (SSSR count). The van der Waals surface area contributed by atoms with Crippen molar-refractivity contribution in [1.29, 1.82) is 0 Å². The van der Waals surface area contributed by atoms with Crippen LogP contribution in [0.1, 0.15) is 5.56 Å².